The summed E-state index contributed by atoms with van der Waals surface area (Å²) in [6.45, 7) is 3.57. The molecule has 1 unspecified atom stereocenters. The molecule has 17 heavy (non-hydrogen) atoms. The normalized spacial score (nSPS) is 15.9. The molecule has 0 saturated carbocycles. The van der Waals surface area contributed by atoms with Gasteiger partial charge in [0.1, 0.15) is 23.6 Å². The van der Waals surface area contributed by atoms with Crippen LogP contribution in [0.25, 0.3) is 0 Å². The lowest BCUT2D eigenvalue weighted by Gasteiger charge is -2.09. The van der Waals surface area contributed by atoms with Gasteiger partial charge < -0.3 is 21.7 Å². The molecule has 0 aromatic carbocycles. The lowest BCUT2D eigenvalue weighted by molar-refractivity contribution is -0.138. The van der Waals surface area contributed by atoms with Crippen molar-refractivity contribution in [3.63, 3.8) is 0 Å². The Hall–Kier alpha value is -0.700. The minimum absolute atomic E-state index is 0.235. The quantitative estimate of drug-likeness (QED) is 0.249. The topological polar surface area (TPSA) is 127 Å². The summed E-state index contributed by atoms with van der Waals surface area (Å²) in [5, 5.41) is 17.3. The lowest BCUT2D eigenvalue weighted by Crippen LogP contribution is -2.38. The molecule has 0 aromatic heterocycles. The van der Waals surface area contributed by atoms with Crippen LogP contribution < -0.4 is 11.5 Å². The summed E-state index contributed by atoms with van der Waals surface area (Å²) < 4.78 is 0. The molecule has 0 rings (SSSR count). The molecule has 0 aliphatic heterocycles. The minimum atomic E-state index is -1.07. The van der Waals surface area contributed by atoms with Gasteiger partial charge >= 0.3 is 11.9 Å². The predicted molar refractivity (Wildman–Crippen MR) is 71.0 cm³/mol. The predicted octanol–water partition coefficient (Wildman–Crippen LogP) is -0.737. The van der Waals surface area contributed by atoms with Crippen LogP contribution in [0.3, 0.4) is 0 Å². The van der Waals surface area contributed by atoms with E-state index in [1.807, 2.05) is 0 Å². The van der Waals surface area contributed by atoms with Crippen LogP contribution in [0.1, 0.15) is 0 Å². The average molecular weight is 281 g/mol. The van der Waals surface area contributed by atoms with Crippen molar-refractivity contribution in [2.45, 2.75) is 12.1 Å². The Kier molecular flexibility index (Phi) is 8.05. The van der Waals surface area contributed by atoms with Crippen LogP contribution in [0.2, 0.25) is 0 Å². The highest BCUT2D eigenvalue weighted by atomic mass is 33.1. The highest BCUT2D eigenvalue weighted by Gasteiger charge is 2.28. The first kappa shape index (κ1) is 16.3. The van der Waals surface area contributed by atoms with Gasteiger partial charge in [-0.05, 0) is 6.08 Å². The molecule has 0 aliphatic rings. The van der Waals surface area contributed by atoms with E-state index in [4.69, 9.17) is 21.7 Å². The van der Waals surface area contributed by atoms with Gasteiger partial charge in [-0.3, -0.25) is 9.59 Å². The SMILES string of the molecule is C=CC[S+](C[C@H](N)C(=O)O)SC[C@H](N)C(=O)O. The number of nitrogens with two attached hydrogens (primary N) is 2. The molecule has 98 valence electrons. The number of carboxylic acids is 2. The van der Waals surface area contributed by atoms with Crippen molar-refractivity contribution in [3.05, 3.63) is 12.7 Å². The largest absolute Gasteiger partial charge is 0.480 e. The summed E-state index contributed by atoms with van der Waals surface area (Å²) in [5.74, 6) is -1.01. The molecule has 0 heterocycles. The van der Waals surface area contributed by atoms with E-state index in [-0.39, 0.29) is 15.7 Å². The lowest BCUT2D eigenvalue weighted by atomic mass is 10.4. The van der Waals surface area contributed by atoms with Crippen molar-refractivity contribution < 1.29 is 19.8 Å². The van der Waals surface area contributed by atoms with Crippen LogP contribution in [-0.4, -0.2) is 51.5 Å². The smallest absolute Gasteiger partial charge is 0.325 e. The number of hydrogen-bond donors (Lipinski definition) is 4. The molecule has 0 aromatic rings. The molecule has 0 radical (unpaired) electrons. The summed E-state index contributed by atoms with van der Waals surface area (Å²) in [4.78, 5) is 21.1. The zero-order valence-electron chi connectivity index (χ0n) is 9.24. The minimum Gasteiger partial charge on any atom is -0.480 e. The standard InChI is InChI=1S/C9H16N2O4S2/c1-2-3-17(5-7(11)9(14)15)16-4-6(10)8(12)13/h2,6-7H,1,3-5,10-11H2,(H-,12,13,14,15)/p+1/t6-,7-,17?/m0/s1. The van der Waals surface area contributed by atoms with Gasteiger partial charge in [-0.25, -0.2) is 0 Å². The van der Waals surface area contributed by atoms with Gasteiger partial charge in [-0.15, -0.1) is 0 Å². The Morgan fingerprint density at radius 1 is 1.29 bits per heavy atom. The summed E-state index contributed by atoms with van der Waals surface area (Å²) in [6.07, 6.45) is 1.66. The van der Waals surface area contributed by atoms with Crippen molar-refractivity contribution in [1.82, 2.24) is 0 Å². The van der Waals surface area contributed by atoms with E-state index in [0.717, 1.165) is 0 Å². The van der Waals surface area contributed by atoms with E-state index in [1.165, 1.54) is 10.8 Å². The maximum absolute atomic E-state index is 10.6. The van der Waals surface area contributed by atoms with Crippen LogP contribution in [-0.2, 0) is 19.5 Å². The summed E-state index contributed by atoms with van der Waals surface area (Å²) in [5.41, 5.74) is 10.8. The highest BCUT2D eigenvalue weighted by molar-refractivity contribution is 8.74. The molecule has 0 amide bonds. The van der Waals surface area contributed by atoms with Gasteiger partial charge in [0.25, 0.3) is 0 Å². The molecule has 6 N–H and O–H groups in total. The number of rotatable bonds is 9. The first-order chi connectivity index (χ1) is 7.88. The van der Waals surface area contributed by atoms with Crippen LogP contribution in [0, 0.1) is 0 Å². The summed E-state index contributed by atoms with van der Waals surface area (Å²) in [7, 11) is 0.973. The van der Waals surface area contributed by atoms with E-state index >= 15 is 0 Å². The molecular weight excluding hydrogens is 264 g/mol. The molecular formula is C9H17N2O4S2+. The Balaban J connectivity index is 4.19. The second kappa shape index (κ2) is 8.40. The third kappa shape index (κ3) is 7.27. The third-order valence-corrected chi connectivity index (χ3v) is 6.11. The molecule has 0 aliphatic carbocycles. The Morgan fingerprint density at radius 2 is 1.82 bits per heavy atom. The van der Waals surface area contributed by atoms with Crippen LogP contribution in [0.4, 0.5) is 0 Å². The van der Waals surface area contributed by atoms with Crippen molar-refractivity contribution in [1.29, 1.82) is 0 Å². The van der Waals surface area contributed by atoms with Gasteiger partial charge in [0.05, 0.1) is 26.5 Å². The monoisotopic (exact) mass is 281 g/mol. The molecule has 0 bridgehead atoms. The Labute approximate surface area is 106 Å². The summed E-state index contributed by atoms with van der Waals surface area (Å²) in [6, 6.07) is -1.88. The zero-order chi connectivity index (χ0) is 13.4. The van der Waals surface area contributed by atoms with E-state index in [2.05, 4.69) is 6.58 Å². The molecule has 0 spiro atoms. The van der Waals surface area contributed by atoms with Gasteiger partial charge in [-0.1, -0.05) is 6.58 Å². The molecule has 6 nitrogen and oxygen atoms in total. The van der Waals surface area contributed by atoms with Gasteiger partial charge in [0, 0.05) is 0 Å². The molecule has 3 atom stereocenters. The van der Waals surface area contributed by atoms with Crippen LogP contribution in [0.5, 0.6) is 0 Å². The zero-order valence-corrected chi connectivity index (χ0v) is 10.9. The molecule has 0 fully saturated rings. The van der Waals surface area contributed by atoms with E-state index in [0.29, 0.717) is 11.5 Å². The van der Waals surface area contributed by atoms with Crippen molar-refractivity contribution in [3.8, 4) is 0 Å². The fourth-order valence-electron chi connectivity index (χ4n) is 0.808. The highest BCUT2D eigenvalue weighted by Crippen LogP contribution is 2.18. The fourth-order valence-corrected chi connectivity index (χ4v) is 4.75. The first-order valence-electron chi connectivity index (χ1n) is 4.77. The maximum atomic E-state index is 10.6. The number of carboxylic acid groups (broad SMARTS) is 2. The molecule has 8 heteroatoms. The van der Waals surface area contributed by atoms with Crippen molar-refractivity contribution >= 4 is 32.7 Å². The number of hydrogen-bond acceptors (Lipinski definition) is 5. The van der Waals surface area contributed by atoms with E-state index in [1.54, 1.807) is 6.08 Å². The van der Waals surface area contributed by atoms with Crippen LogP contribution >= 0.6 is 10.8 Å². The van der Waals surface area contributed by atoms with Crippen molar-refractivity contribution in [2.75, 3.05) is 17.3 Å². The van der Waals surface area contributed by atoms with Gasteiger partial charge in [-0.2, -0.15) is 0 Å². The average Bonchev–Trinajstić information content (AvgIpc) is 2.25. The maximum Gasteiger partial charge on any atom is 0.325 e. The number of aliphatic carboxylic acids is 2. The van der Waals surface area contributed by atoms with Gasteiger partial charge in [0.15, 0.2) is 0 Å². The second-order valence-corrected chi connectivity index (χ2v) is 7.47. The van der Waals surface area contributed by atoms with Crippen molar-refractivity contribution in [2.24, 2.45) is 11.5 Å². The van der Waals surface area contributed by atoms with Crippen LogP contribution in [0.15, 0.2) is 12.7 Å². The molecule has 0 saturated heterocycles. The first-order valence-corrected chi connectivity index (χ1v) is 7.83. The van der Waals surface area contributed by atoms with E-state index in [9.17, 15) is 9.59 Å². The van der Waals surface area contributed by atoms with Gasteiger partial charge in [0.2, 0.25) is 0 Å². The third-order valence-electron chi connectivity index (χ3n) is 1.72. The summed E-state index contributed by atoms with van der Waals surface area (Å²) >= 11 is 0. The second-order valence-electron chi connectivity index (χ2n) is 3.24. The van der Waals surface area contributed by atoms with E-state index < -0.39 is 24.0 Å². The number of carbonyl (C=O) groups is 2. The Bertz CT molecular complexity index is 288. The fraction of sp³-hybridized carbons (Fsp3) is 0.556. The Morgan fingerprint density at radius 3 is 2.24 bits per heavy atom.